The van der Waals surface area contributed by atoms with Crippen LogP contribution in [0.5, 0.6) is 0 Å². The SMILES string of the molecule is CC[Si](CC)(CC)OC(C)[C@H]1C(=O)N(C(=O)C(=O)OCOC(=O)C(C)(C)C)[C@@H]1[C@@H](C)C(=O)S[C@@H]1CC(=O)N(O[Si](CC)(CC)CC)C1. The van der Waals surface area contributed by atoms with Gasteiger partial charge in [-0.3, -0.25) is 28.9 Å². The molecule has 0 aromatic heterocycles. The number of β-lactam (4-membered cyclic amide) rings is 1. The minimum atomic E-state index is -2.18. The van der Waals surface area contributed by atoms with Crippen molar-refractivity contribution in [1.82, 2.24) is 9.96 Å². The largest absolute Gasteiger partial charge is 0.427 e. The Morgan fingerprint density at radius 2 is 1.40 bits per heavy atom. The van der Waals surface area contributed by atoms with E-state index in [0.29, 0.717) is 0 Å². The fraction of sp³-hybridized carbons (Fsp3) is 0.812. The first-order valence-electron chi connectivity index (χ1n) is 17.0. The smallest absolute Gasteiger partial charge is 0.400 e. The zero-order valence-corrected chi connectivity index (χ0v) is 33.0. The van der Waals surface area contributed by atoms with Gasteiger partial charge in [0.2, 0.25) is 26.9 Å². The minimum absolute atomic E-state index is 0.136. The highest BCUT2D eigenvalue weighted by molar-refractivity contribution is 8.14. The number of imide groups is 1. The van der Waals surface area contributed by atoms with Crippen LogP contribution >= 0.6 is 11.8 Å². The van der Waals surface area contributed by atoms with E-state index >= 15 is 0 Å². The van der Waals surface area contributed by atoms with Crippen LogP contribution in [0.3, 0.4) is 0 Å². The lowest BCUT2D eigenvalue weighted by Gasteiger charge is -2.50. The summed E-state index contributed by atoms with van der Waals surface area (Å²) in [6.45, 7) is 20.2. The van der Waals surface area contributed by atoms with E-state index in [1.807, 2.05) is 0 Å². The first-order chi connectivity index (χ1) is 21.9. The number of carbonyl (C=O) groups excluding carboxylic acids is 6. The van der Waals surface area contributed by atoms with Crippen LogP contribution in [0.25, 0.3) is 0 Å². The van der Waals surface area contributed by atoms with Crippen LogP contribution < -0.4 is 0 Å². The van der Waals surface area contributed by atoms with Crippen molar-refractivity contribution in [2.45, 2.75) is 136 Å². The molecule has 0 spiro atoms. The lowest BCUT2D eigenvalue weighted by molar-refractivity contribution is -0.188. The van der Waals surface area contributed by atoms with E-state index < -0.39 is 76.6 Å². The summed E-state index contributed by atoms with van der Waals surface area (Å²) in [7, 11) is -4.28. The number of thioether (sulfide) groups is 1. The Morgan fingerprint density at radius 1 is 0.872 bits per heavy atom. The molecule has 2 aliphatic rings. The van der Waals surface area contributed by atoms with Crippen molar-refractivity contribution in [2.24, 2.45) is 17.3 Å². The molecule has 0 aromatic rings. The quantitative estimate of drug-likeness (QED) is 0.0677. The summed E-state index contributed by atoms with van der Waals surface area (Å²) in [4.78, 5) is 79.1. The average Bonchev–Trinajstić information content (AvgIpc) is 3.37. The standard InChI is InChI=1S/C32H56N2O10SSi2/c1-12-46(13-2,14-3)43-22(8)25-26(34(27(25)36)28(37)29(38)41-20-42-31(40)32(9,10)11)21(7)30(39)45-23-18-24(35)33(19-23)44-47(15-4,16-5)17-6/h21-23,25-26H,12-20H2,1-11H3/t21-,22?,23-,25-,26-/m1/s1. The third-order valence-corrected chi connectivity index (χ3v) is 20.4. The number of carbonyl (C=O) groups is 6. The minimum Gasteiger partial charge on any atom is -0.427 e. The van der Waals surface area contributed by atoms with Crippen LogP contribution in [0.1, 0.15) is 82.6 Å². The maximum Gasteiger partial charge on any atom is 0.400 e. The van der Waals surface area contributed by atoms with Crippen LogP contribution in [0, 0.1) is 17.3 Å². The molecule has 0 aliphatic carbocycles. The van der Waals surface area contributed by atoms with Crippen LogP contribution in [0.15, 0.2) is 0 Å². The molecule has 0 aromatic carbocycles. The molecular formula is C32H56N2O10SSi2. The molecule has 12 nitrogen and oxygen atoms in total. The van der Waals surface area contributed by atoms with Crippen molar-refractivity contribution in [3.8, 4) is 0 Å². The summed E-state index contributed by atoms with van der Waals surface area (Å²) >= 11 is 1.01. The fourth-order valence-corrected chi connectivity index (χ4v) is 12.7. The fourth-order valence-electron chi connectivity index (χ4n) is 6.16. The Balaban J connectivity index is 2.26. The summed E-state index contributed by atoms with van der Waals surface area (Å²) in [5.41, 5.74) is -0.847. The molecule has 3 amide bonds. The number of rotatable bonds is 16. The van der Waals surface area contributed by atoms with E-state index in [9.17, 15) is 28.8 Å². The van der Waals surface area contributed by atoms with Gasteiger partial charge in [0.25, 0.3) is 0 Å². The van der Waals surface area contributed by atoms with Crippen molar-refractivity contribution in [3.63, 3.8) is 0 Å². The first kappa shape index (κ1) is 41.1. The highest BCUT2D eigenvalue weighted by Crippen LogP contribution is 2.41. The Labute approximate surface area is 286 Å². The normalized spacial score (nSPS) is 21.7. The molecule has 47 heavy (non-hydrogen) atoms. The Morgan fingerprint density at radius 3 is 1.89 bits per heavy atom. The lowest BCUT2D eigenvalue weighted by Crippen LogP contribution is -2.70. The Hall–Kier alpha value is -2.08. The Kier molecular flexibility index (Phi) is 14.9. The molecule has 2 rings (SSSR count). The topological polar surface area (TPSA) is 146 Å². The number of hydrogen-bond acceptors (Lipinski definition) is 11. The van der Waals surface area contributed by atoms with E-state index in [1.54, 1.807) is 34.6 Å². The van der Waals surface area contributed by atoms with Crippen LogP contribution in [0.2, 0.25) is 36.3 Å². The van der Waals surface area contributed by atoms with Crippen molar-refractivity contribution in [2.75, 3.05) is 13.3 Å². The van der Waals surface area contributed by atoms with E-state index in [-0.39, 0.29) is 29.2 Å². The average molecular weight is 717 g/mol. The summed E-state index contributed by atoms with van der Waals surface area (Å²) in [5.74, 6) is -5.73. The summed E-state index contributed by atoms with van der Waals surface area (Å²) in [6.07, 6.45) is -0.462. The van der Waals surface area contributed by atoms with Crippen LogP contribution in [-0.2, 0) is 47.2 Å². The van der Waals surface area contributed by atoms with Gasteiger partial charge < -0.3 is 18.4 Å². The van der Waals surface area contributed by atoms with Gasteiger partial charge in [0.1, 0.15) is 0 Å². The number of esters is 2. The highest BCUT2D eigenvalue weighted by atomic mass is 32.2. The third-order valence-electron chi connectivity index (χ3n) is 9.90. The second-order valence-electron chi connectivity index (χ2n) is 13.7. The molecule has 2 fully saturated rings. The highest BCUT2D eigenvalue weighted by Gasteiger charge is 2.59. The van der Waals surface area contributed by atoms with Gasteiger partial charge in [-0.25, -0.2) is 9.86 Å². The molecule has 1 unspecified atom stereocenters. The van der Waals surface area contributed by atoms with E-state index in [2.05, 4.69) is 41.5 Å². The first-order valence-corrected chi connectivity index (χ1v) is 22.9. The predicted molar refractivity (Wildman–Crippen MR) is 184 cm³/mol. The molecule has 0 bridgehead atoms. The molecule has 2 aliphatic heterocycles. The monoisotopic (exact) mass is 716 g/mol. The zero-order chi connectivity index (χ0) is 35.9. The predicted octanol–water partition coefficient (Wildman–Crippen LogP) is 5.27. The summed E-state index contributed by atoms with van der Waals surface area (Å²) in [6, 6.07) is 4.19. The van der Waals surface area contributed by atoms with Gasteiger partial charge in [0, 0.05) is 17.6 Å². The van der Waals surface area contributed by atoms with E-state index in [4.69, 9.17) is 18.4 Å². The maximum absolute atomic E-state index is 13.8. The van der Waals surface area contributed by atoms with Gasteiger partial charge in [-0.1, -0.05) is 60.2 Å². The molecule has 0 N–H and O–H groups in total. The van der Waals surface area contributed by atoms with Crippen molar-refractivity contribution in [1.29, 1.82) is 0 Å². The van der Waals surface area contributed by atoms with Gasteiger partial charge in [-0.2, -0.15) is 0 Å². The van der Waals surface area contributed by atoms with Gasteiger partial charge in [0.05, 0.1) is 30.0 Å². The second kappa shape index (κ2) is 17.0. The molecule has 15 heteroatoms. The Bertz CT molecular complexity index is 1150. The van der Waals surface area contributed by atoms with Crippen molar-refractivity contribution in [3.05, 3.63) is 0 Å². The molecule has 2 heterocycles. The number of hydroxylamine groups is 2. The van der Waals surface area contributed by atoms with E-state index in [1.165, 1.54) is 5.06 Å². The van der Waals surface area contributed by atoms with Crippen LogP contribution in [0.4, 0.5) is 0 Å². The molecular weight excluding hydrogens is 661 g/mol. The maximum atomic E-state index is 13.8. The van der Waals surface area contributed by atoms with Crippen molar-refractivity contribution < 1.29 is 47.2 Å². The second-order valence-corrected chi connectivity index (χ2v) is 24.4. The summed E-state index contributed by atoms with van der Waals surface area (Å²) < 4.78 is 22.7. The molecule has 5 atom stereocenters. The zero-order valence-electron chi connectivity index (χ0n) is 30.1. The number of ether oxygens (including phenoxy) is 2. The number of amides is 3. The summed E-state index contributed by atoms with van der Waals surface area (Å²) in [5, 5.41) is 0.760. The molecule has 2 saturated heterocycles. The number of hydrogen-bond donors (Lipinski definition) is 0. The van der Waals surface area contributed by atoms with Gasteiger partial charge in [-0.05, 0) is 64.0 Å². The third kappa shape index (κ3) is 9.55. The van der Waals surface area contributed by atoms with Gasteiger partial charge in [-0.15, -0.1) is 0 Å². The van der Waals surface area contributed by atoms with Crippen molar-refractivity contribution >= 4 is 63.2 Å². The molecule has 0 radical (unpaired) electrons. The lowest BCUT2D eigenvalue weighted by atomic mass is 9.77. The van der Waals surface area contributed by atoms with Crippen LogP contribution in [-0.4, -0.2) is 92.1 Å². The van der Waals surface area contributed by atoms with E-state index in [0.717, 1.165) is 52.9 Å². The van der Waals surface area contributed by atoms with Gasteiger partial charge >= 0.3 is 17.8 Å². The number of nitrogens with zero attached hydrogens (tertiary/aromatic N) is 2. The number of likely N-dealkylation sites (tertiary alicyclic amines) is 1. The molecule has 0 saturated carbocycles. The molecule has 268 valence electrons. The van der Waals surface area contributed by atoms with Gasteiger partial charge in [0.15, 0.2) is 13.4 Å².